The van der Waals surface area contributed by atoms with E-state index in [2.05, 4.69) is 5.32 Å². The highest BCUT2D eigenvalue weighted by molar-refractivity contribution is 6.02. The molecule has 0 atom stereocenters. The van der Waals surface area contributed by atoms with Gasteiger partial charge in [0.2, 0.25) is 5.91 Å². The lowest BCUT2D eigenvalue weighted by molar-refractivity contribution is -0.137. The lowest BCUT2D eigenvalue weighted by Crippen LogP contribution is -2.20. The van der Waals surface area contributed by atoms with Crippen molar-refractivity contribution in [3.8, 4) is 5.75 Å². The first-order valence-corrected chi connectivity index (χ1v) is 6.05. The van der Waals surface area contributed by atoms with E-state index in [1.54, 1.807) is 30.3 Å². The predicted molar refractivity (Wildman–Crippen MR) is 71.7 cm³/mol. The SMILES string of the molecule is O=C(CC(=O)Oc1ccccc1)Nc1ccc(F)c(F)c1. The molecule has 0 aliphatic rings. The molecular formula is C15H11F2NO3. The number of anilines is 1. The van der Waals surface area contributed by atoms with Gasteiger partial charge in [0, 0.05) is 11.8 Å². The van der Waals surface area contributed by atoms with Crippen LogP contribution >= 0.6 is 0 Å². The third kappa shape index (κ3) is 4.38. The molecule has 0 saturated heterocycles. The zero-order chi connectivity index (χ0) is 15.2. The number of nitrogens with one attached hydrogen (secondary N) is 1. The molecule has 4 nitrogen and oxygen atoms in total. The molecule has 2 aromatic rings. The highest BCUT2D eigenvalue weighted by Crippen LogP contribution is 2.14. The van der Waals surface area contributed by atoms with E-state index in [-0.39, 0.29) is 5.69 Å². The molecule has 2 aromatic carbocycles. The van der Waals surface area contributed by atoms with E-state index in [0.29, 0.717) is 5.75 Å². The summed E-state index contributed by atoms with van der Waals surface area (Å²) >= 11 is 0. The second-order valence-electron chi connectivity index (χ2n) is 4.14. The van der Waals surface area contributed by atoms with Gasteiger partial charge in [0.05, 0.1) is 0 Å². The van der Waals surface area contributed by atoms with Crippen molar-refractivity contribution < 1.29 is 23.1 Å². The van der Waals surface area contributed by atoms with Crippen molar-refractivity contribution >= 4 is 17.6 Å². The van der Waals surface area contributed by atoms with Crippen LogP contribution in [0.4, 0.5) is 14.5 Å². The summed E-state index contributed by atoms with van der Waals surface area (Å²) in [5.74, 6) is -3.21. The predicted octanol–water partition coefficient (Wildman–Crippen LogP) is 2.90. The summed E-state index contributed by atoms with van der Waals surface area (Å²) in [6, 6.07) is 11.2. The molecule has 0 aliphatic heterocycles. The topological polar surface area (TPSA) is 55.4 Å². The molecule has 0 aromatic heterocycles. The number of ether oxygens (including phenoxy) is 1. The van der Waals surface area contributed by atoms with Gasteiger partial charge in [0.15, 0.2) is 11.6 Å². The Morgan fingerprint density at radius 1 is 1.00 bits per heavy atom. The van der Waals surface area contributed by atoms with Crippen LogP contribution in [0, 0.1) is 11.6 Å². The Morgan fingerprint density at radius 2 is 1.71 bits per heavy atom. The van der Waals surface area contributed by atoms with Gasteiger partial charge in [-0.1, -0.05) is 18.2 Å². The van der Waals surface area contributed by atoms with E-state index in [1.165, 1.54) is 6.07 Å². The Morgan fingerprint density at radius 3 is 2.38 bits per heavy atom. The summed E-state index contributed by atoms with van der Waals surface area (Å²) in [4.78, 5) is 23.1. The fourth-order valence-electron chi connectivity index (χ4n) is 1.57. The average Bonchev–Trinajstić information content (AvgIpc) is 2.43. The number of amides is 1. The molecule has 2 rings (SSSR count). The van der Waals surface area contributed by atoms with Crippen molar-refractivity contribution in [1.82, 2.24) is 0 Å². The van der Waals surface area contributed by atoms with Crippen molar-refractivity contribution in [1.29, 1.82) is 0 Å². The van der Waals surface area contributed by atoms with Crippen LogP contribution in [0.3, 0.4) is 0 Å². The van der Waals surface area contributed by atoms with Crippen LogP contribution in [-0.2, 0) is 9.59 Å². The minimum atomic E-state index is -1.08. The van der Waals surface area contributed by atoms with Crippen molar-refractivity contribution in [2.75, 3.05) is 5.32 Å². The Hall–Kier alpha value is -2.76. The molecule has 6 heteroatoms. The van der Waals surface area contributed by atoms with Gasteiger partial charge in [0.25, 0.3) is 0 Å². The second kappa shape index (κ2) is 6.60. The number of para-hydroxylation sites is 1. The largest absolute Gasteiger partial charge is 0.426 e. The van der Waals surface area contributed by atoms with Crippen LogP contribution in [0.1, 0.15) is 6.42 Å². The molecule has 0 fully saturated rings. The summed E-state index contributed by atoms with van der Waals surface area (Å²) in [5, 5.41) is 2.28. The molecule has 0 saturated carbocycles. The van der Waals surface area contributed by atoms with Gasteiger partial charge >= 0.3 is 5.97 Å². The molecule has 1 N–H and O–H groups in total. The third-order valence-corrected chi connectivity index (χ3v) is 2.48. The standard InChI is InChI=1S/C15H11F2NO3/c16-12-7-6-10(8-13(12)17)18-14(19)9-15(20)21-11-4-2-1-3-5-11/h1-8H,9H2,(H,18,19). The Kier molecular flexibility index (Phi) is 4.61. The van der Waals surface area contributed by atoms with E-state index < -0.39 is 29.9 Å². The van der Waals surface area contributed by atoms with Crippen LogP contribution in [0.2, 0.25) is 0 Å². The second-order valence-corrected chi connectivity index (χ2v) is 4.14. The molecule has 1 amide bonds. The first kappa shape index (κ1) is 14.6. The van der Waals surface area contributed by atoms with E-state index in [0.717, 1.165) is 12.1 Å². The number of carbonyl (C=O) groups is 2. The summed E-state index contributed by atoms with van der Waals surface area (Å²) < 4.78 is 30.6. The summed E-state index contributed by atoms with van der Waals surface area (Å²) in [5.41, 5.74) is 0.0615. The first-order valence-electron chi connectivity index (χ1n) is 6.05. The maximum absolute atomic E-state index is 13.0. The van der Waals surface area contributed by atoms with Crippen LogP contribution < -0.4 is 10.1 Å². The van der Waals surface area contributed by atoms with Crippen LogP contribution in [-0.4, -0.2) is 11.9 Å². The van der Waals surface area contributed by atoms with E-state index in [1.807, 2.05) is 0 Å². The number of carbonyl (C=O) groups excluding carboxylic acids is 2. The Labute approximate surface area is 119 Å². The quantitative estimate of drug-likeness (QED) is 0.535. The average molecular weight is 291 g/mol. The van der Waals surface area contributed by atoms with E-state index >= 15 is 0 Å². The monoisotopic (exact) mass is 291 g/mol. The van der Waals surface area contributed by atoms with Crippen LogP contribution in [0.25, 0.3) is 0 Å². The number of hydrogen-bond donors (Lipinski definition) is 1. The molecule has 0 bridgehead atoms. The van der Waals surface area contributed by atoms with Gasteiger partial charge in [0.1, 0.15) is 12.2 Å². The van der Waals surface area contributed by atoms with Crippen LogP contribution in [0.5, 0.6) is 5.75 Å². The van der Waals surface area contributed by atoms with E-state index in [9.17, 15) is 18.4 Å². The minimum absolute atomic E-state index is 0.0615. The molecule has 21 heavy (non-hydrogen) atoms. The number of halogens is 2. The summed E-state index contributed by atoms with van der Waals surface area (Å²) in [7, 11) is 0. The first-order chi connectivity index (χ1) is 10.0. The molecular weight excluding hydrogens is 280 g/mol. The normalized spacial score (nSPS) is 10.0. The summed E-state index contributed by atoms with van der Waals surface area (Å²) in [6.07, 6.45) is -0.534. The van der Waals surface area contributed by atoms with Crippen molar-refractivity contribution in [3.63, 3.8) is 0 Å². The number of hydrogen-bond acceptors (Lipinski definition) is 3. The number of esters is 1. The lowest BCUT2D eigenvalue weighted by atomic mass is 10.3. The lowest BCUT2D eigenvalue weighted by Gasteiger charge is -2.06. The van der Waals surface area contributed by atoms with Gasteiger partial charge in [-0.3, -0.25) is 9.59 Å². The van der Waals surface area contributed by atoms with Gasteiger partial charge in [-0.05, 0) is 24.3 Å². The minimum Gasteiger partial charge on any atom is -0.426 e. The van der Waals surface area contributed by atoms with E-state index in [4.69, 9.17) is 4.74 Å². The zero-order valence-electron chi connectivity index (χ0n) is 10.8. The van der Waals surface area contributed by atoms with Crippen LogP contribution in [0.15, 0.2) is 48.5 Å². The molecule has 0 unspecified atom stereocenters. The molecule has 108 valence electrons. The Balaban J connectivity index is 1.89. The smallest absolute Gasteiger partial charge is 0.320 e. The third-order valence-electron chi connectivity index (χ3n) is 2.48. The van der Waals surface area contributed by atoms with Gasteiger partial charge in [-0.15, -0.1) is 0 Å². The van der Waals surface area contributed by atoms with Crippen molar-refractivity contribution in [2.45, 2.75) is 6.42 Å². The Bertz CT molecular complexity index is 659. The highest BCUT2D eigenvalue weighted by atomic mass is 19.2. The molecule has 0 heterocycles. The number of benzene rings is 2. The summed E-state index contributed by atoms with van der Waals surface area (Å²) in [6.45, 7) is 0. The van der Waals surface area contributed by atoms with Crippen molar-refractivity contribution in [2.24, 2.45) is 0 Å². The molecule has 0 spiro atoms. The molecule has 0 aliphatic carbocycles. The highest BCUT2D eigenvalue weighted by Gasteiger charge is 2.12. The fourth-order valence-corrected chi connectivity index (χ4v) is 1.57. The zero-order valence-corrected chi connectivity index (χ0v) is 10.8. The van der Waals surface area contributed by atoms with Gasteiger partial charge in [-0.25, -0.2) is 8.78 Å². The maximum Gasteiger partial charge on any atom is 0.320 e. The van der Waals surface area contributed by atoms with Crippen molar-refractivity contribution in [3.05, 3.63) is 60.2 Å². The number of rotatable bonds is 4. The van der Waals surface area contributed by atoms with Gasteiger partial charge < -0.3 is 10.1 Å². The maximum atomic E-state index is 13.0. The van der Waals surface area contributed by atoms with Gasteiger partial charge in [-0.2, -0.15) is 0 Å². The fraction of sp³-hybridized carbons (Fsp3) is 0.0667. The molecule has 0 radical (unpaired) electrons.